The highest BCUT2D eigenvalue weighted by Gasteiger charge is 2.13. The molecule has 3 rings (SSSR count). The summed E-state index contributed by atoms with van der Waals surface area (Å²) in [6.07, 6.45) is 0. The van der Waals surface area contributed by atoms with Gasteiger partial charge in [-0.3, -0.25) is 0 Å². The van der Waals surface area contributed by atoms with Crippen molar-refractivity contribution in [3.8, 4) is 11.5 Å². The number of methoxy groups -OCH3 is 1. The normalized spacial score (nSPS) is 10.5. The number of benzene rings is 3. The first kappa shape index (κ1) is 21.5. The summed E-state index contributed by atoms with van der Waals surface area (Å²) in [4.78, 5) is 11.3. The molecule has 0 aliphatic rings. The van der Waals surface area contributed by atoms with E-state index in [4.69, 9.17) is 21.1 Å². The molecule has 0 fully saturated rings. The Labute approximate surface area is 181 Å². The van der Waals surface area contributed by atoms with Gasteiger partial charge in [0.25, 0.3) is 0 Å². The molecule has 3 aromatic carbocycles. The number of aryl methyl sites for hydroxylation is 1. The van der Waals surface area contributed by atoms with Crippen LogP contribution in [0.3, 0.4) is 0 Å². The molecule has 0 amide bonds. The van der Waals surface area contributed by atoms with Crippen molar-refractivity contribution in [3.05, 3.63) is 87.4 Å². The van der Waals surface area contributed by atoms with Crippen LogP contribution in [0.2, 0.25) is 5.02 Å². The monoisotopic (exact) mass is 425 g/mol. The SMILES string of the molecule is COc1cc(CNc2cccc(C(=O)O)c2C)c(Cl)cc1OCc1cccc(C)c1. The van der Waals surface area contributed by atoms with Gasteiger partial charge >= 0.3 is 5.97 Å². The highest BCUT2D eigenvalue weighted by atomic mass is 35.5. The molecular formula is C24H24ClNO4. The van der Waals surface area contributed by atoms with Gasteiger partial charge in [-0.15, -0.1) is 0 Å². The molecule has 5 nitrogen and oxygen atoms in total. The second-order valence-corrected chi connectivity index (χ2v) is 7.42. The number of carbonyl (C=O) groups is 1. The van der Waals surface area contributed by atoms with Crippen LogP contribution in [0.5, 0.6) is 11.5 Å². The number of carboxylic acid groups (broad SMARTS) is 1. The Morgan fingerprint density at radius 2 is 1.83 bits per heavy atom. The van der Waals surface area contributed by atoms with E-state index in [1.165, 1.54) is 5.56 Å². The van der Waals surface area contributed by atoms with Gasteiger partial charge in [0, 0.05) is 23.3 Å². The summed E-state index contributed by atoms with van der Waals surface area (Å²) in [5, 5.41) is 13.1. The van der Waals surface area contributed by atoms with Gasteiger partial charge in [0.1, 0.15) is 6.61 Å². The average molecular weight is 426 g/mol. The number of ether oxygens (including phenoxy) is 2. The Morgan fingerprint density at radius 3 is 2.53 bits per heavy atom. The zero-order valence-corrected chi connectivity index (χ0v) is 17.9. The Balaban J connectivity index is 1.75. The fraction of sp³-hybridized carbons (Fsp3) is 0.208. The summed E-state index contributed by atoms with van der Waals surface area (Å²) in [6, 6.07) is 16.8. The number of aromatic carboxylic acids is 1. The molecule has 0 atom stereocenters. The van der Waals surface area contributed by atoms with E-state index in [9.17, 15) is 9.90 Å². The van der Waals surface area contributed by atoms with Crippen LogP contribution in [0, 0.1) is 13.8 Å². The minimum Gasteiger partial charge on any atom is -0.493 e. The van der Waals surface area contributed by atoms with Crippen LogP contribution in [0.1, 0.15) is 32.6 Å². The third kappa shape index (κ3) is 5.05. The van der Waals surface area contributed by atoms with Crippen LogP contribution in [-0.2, 0) is 13.2 Å². The first-order valence-corrected chi connectivity index (χ1v) is 9.88. The lowest BCUT2D eigenvalue weighted by Gasteiger charge is -2.16. The first-order valence-electron chi connectivity index (χ1n) is 9.50. The minimum atomic E-state index is -0.953. The third-order valence-corrected chi connectivity index (χ3v) is 5.19. The largest absolute Gasteiger partial charge is 0.493 e. The predicted octanol–water partition coefficient (Wildman–Crippen LogP) is 5.85. The molecule has 2 N–H and O–H groups in total. The van der Waals surface area contributed by atoms with Crippen LogP contribution >= 0.6 is 11.6 Å². The van der Waals surface area contributed by atoms with Crippen molar-refractivity contribution in [2.75, 3.05) is 12.4 Å². The number of rotatable bonds is 8. The quantitative estimate of drug-likeness (QED) is 0.473. The fourth-order valence-corrected chi connectivity index (χ4v) is 3.42. The number of nitrogens with one attached hydrogen (secondary N) is 1. The lowest BCUT2D eigenvalue weighted by Crippen LogP contribution is -2.06. The van der Waals surface area contributed by atoms with Gasteiger partial charge in [-0.2, -0.15) is 0 Å². The summed E-state index contributed by atoms with van der Waals surface area (Å²) in [5.41, 5.74) is 4.73. The number of hydrogen-bond acceptors (Lipinski definition) is 4. The summed E-state index contributed by atoms with van der Waals surface area (Å²) in [6.45, 7) is 4.64. The predicted molar refractivity (Wildman–Crippen MR) is 119 cm³/mol. The van der Waals surface area contributed by atoms with Gasteiger partial charge in [0.15, 0.2) is 11.5 Å². The maximum Gasteiger partial charge on any atom is 0.336 e. The van der Waals surface area contributed by atoms with E-state index in [0.29, 0.717) is 35.2 Å². The Kier molecular flexibility index (Phi) is 6.85. The van der Waals surface area contributed by atoms with Gasteiger partial charge in [0.2, 0.25) is 0 Å². The van der Waals surface area contributed by atoms with Gasteiger partial charge in [-0.05, 0) is 48.7 Å². The highest BCUT2D eigenvalue weighted by Crippen LogP contribution is 2.34. The van der Waals surface area contributed by atoms with E-state index in [1.807, 2.05) is 37.3 Å². The molecule has 0 heterocycles. The topological polar surface area (TPSA) is 67.8 Å². The summed E-state index contributed by atoms with van der Waals surface area (Å²) in [7, 11) is 1.58. The molecule has 0 spiro atoms. The van der Waals surface area contributed by atoms with Crippen molar-refractivity contribution >= 4 is 23.3 Å². The molecule has 30 heavy (non-hydrogen) atoms. The van der Waals surface area contributed by atoms with E-state index in [0.717, 1.165) is 16.8 Å². The standard InChI is InChI=1S/C24H24ClNO4/c1-15-6-4-7-17(10-15)14-30-23-12-20(25)18(11-22(23)29-3)13-26-21-9-5-8-19(16(21)2)24(27)28/h4-12,26H,13-14H2,1-3H3,(H,27,28). The van der Waals surface area contributed by atoms with Crippen LogP contribution < -0.4 is 14.8 Å². The molecule has 0 aromatic heterocycles. The van der Waals surface area contributed by atoms with Crippen molar-refractivity contribution in [2.24, 2.45) is 0 Å². The van der Waals surface area contributed by atoms with Gasteiger partial charge < -0.3 is 19.9 Å². The average Bonchev–Trinajstić information content (AvgIpc) is 2.72. The molecule has 6 heteroatoms. The van der Waals surface area contributed by atoms with Crippen molar-refractivity contribution < 1.29 is 19.4 Å². The summed E-state index contributed by atoms with van der Waals surface area (Å²) >= 11 is 6.48. The van der Waals surface area contributed by atoms with Crippen molar-refractivity contribution in [3.63, 3.8) is 0 Å². The van der Waals surface area contributed by atoms with Gasteiger partial charge in [-0.1, -0.05) is 47.5 Å². The van der Waals surface area contributed by atoms with Gasteiger partial charge in [-0.25, -0.2) is 4.79 Å². The second kappa shape index (κ2) is 9.55. The fourth-order valence-electron chi connectivity index (χ4n) is 3.20. The number of halogens is 1. The molecule has 156 valence electrons. The van der Waals surface area contributed by atoms with Crippen molar-refractivity contribution in [2.45, 2.75) is 27.0 Å². The molecular weight excluding hydrogens is 402 g/mol. The molecule has 0 unspecified atom stereocenters. The second-order valence-electron chi connectivity index (χ2n) is 7.01. The number of carboxylic acids is 1. The Hall–Kier alpha value is -3.18. The molecule has 3 aromatic rings. The zero-order chi connectivity index (χ0) is 21.7. The highest BCUT2D eigenvalue weighted by molar-refractivity contribution is 6.31. The zero-order valence-electron chi connectivity index (χ0n) is 17.2. The van der Waals surface area contributed by atoms with Crippen molar-refractivity contribution in [1.29, 1.82) is 0 Å². The van der Waals surface area contributed by atoms with Crippen LogP contribution in [0.4, 0.5) is 5.69 Å². The first-order chi connectivity index (χ1) is 14.4. The molecule has 0 aliphatic heterocycles. The minimum absolute atomic E-state index is 0.267. The maximum atomic E-state index is 11.3. The van der Waals surface area contributed by atoms with E-state index in [1.54, 1.807) is 32.2 Å². The molecule has 0 aliphatic carbocycles. The lowest BCUT2D eigenvalue weighted by molar-refractivity contribution is 0.0696. The summed E-state index contributed by atoms with van der Waals surface area (Å²) < 4.78 is 11.4. The van der Waals surface area contributed by atoms with E-state index in [-0.39, 0.29) is 5.56 Å². The maximum absolute atomic E-state index is 11.3. The molecule has 0 saturated carbocycles. The molecule has 0 saturated heterocycles. The van der Waals surface area contributed by atoms with Crippen LogP contribution in [-0.4, -0.2) is 18.2 Å². The Morgan fingerprint density at radius 1 is 1.07 bits per heavy atom. The lowest BCUT2D eigenvalue weighted by atomic mass is 10.1. The van der Waals surface area contributed by atoms with E-state index >= 15 is 0 Å². The van der Waals surface area contributed by atoms with Crippen LogP contribution in [0.25, 0.3) is 0 Å². The smallest absolute Gasteiger partial charge is 0.336 e. The van der Waals surface area contributed by atoms with E-state index < -0.39 is 5.97 Å². The van der Waals surface area contributed by atoms with Crippen molar-refractivity contribution in [1.82, 2.24) is 0 Å². The molecule has 0 bridgehead atoms. The Bertz CT molecular complexity index is 1070. The van der Waals surface area contributed by atoms with E-state index in [2.05, 4.69) is 11.4 Å². The summed E-state index contributed by atoms with van der Waals surface area (Å²) in [5.74, 6) is 0.197. The molecule has 0 radical (unpaired) electrons. The van der Waals surface area contributed by atoms with Gasteiger partial charge in [0.05, 0.1) is 12.7 Å². The number of hydrogen-bond donors (Lipinski definition) is 2. The number of anilines is 1. The third-order valence-electron chi connectivity index (χ3n) is 4.84. The van der Waals surface area contributed by atoms with Crippen LogP contribution in [0.15, 0.2) is 54.6 Å².